The minimum Gasteiger partial charge on any atom is -0.356 e. The van der Waals surface area contributed by atoms with E-state index in [-0.39, 0.29) is 36.2 Å². The maximum atomic E-state index is 12.3. The number of nitrogens with two attached hydrogens (primary N) is 1. The number of nitrogens with one attached hydrogen (secondary N) is 1. The first-order valence-electron chi connectivity index (χ1n) is 7.95. The van der Waals surface area contributed by atoms with Gasteiger partial charge < -0.3 is 16.0 Å². The Hall–Kier alpha value is -1.59. The van der Waals surface area contributed by atoms with Crippen LogP contribution in [-0.4, -0.2) is 42.4 Å². The largest absolute Gasteiger partial charge is 0.356 e. The molecular formula is C17H26ClN3O2. The number of carbonyl (C=O) groups excluding carboxylic acids is 2. The predicted molar refractivity (Wildman–Crippen MR) is 93.6 cm³/mol. The average molecular weight is 340 g/mol. The molecule has 23 heavy (non-hydrogen) atoms. The van der Waals surface area contributed by atoms with Gasteiger partial charge in [-0.1, -0.05) is 18.2 Å². The highest BCUT2D eigenvalue weighted by molar-refractivity contribution is 5.94. The quantitative estimate of drug-likeness (QED) is 0.859. The molecule has 0 spiro atoms. The molecule has 6 heteroatoms. The molecule has 1 aromatic carbocycles. The van der Waals surface area contributed by atoms with Crippen LogP contribution < -0.4 is 11.1 Å². The summed E-state index contributed by atoms with van der Waals surface area (Å²) >= 11 is 0. The third-order valence-corrected chi connectivity index (χ3v) is 4.07. The number of hydrogen-bond donors (Lipinski definition) is 2. The topological polar surface area (TPSA) is 75.4 Å². The molecular weight excluding hydrogens is 314 g/mol. The van der Waals surface area contributed by atoms with Crippen molar-refractivity contribution in [3.8, 4) is 0 Å². The van der Waals surface area contributed by atoms with Crippen molar-refractivity contribution in [2.24, 2.45) is 11.7 Å². The van der Waals surface area contributed by atoms with Gasteiger partial charge in [0.25, 0.3) is 5.91 Å². The van der Waals surface area contributed by atoms with Crippen LogP contribution >= 0.6 is 12.4 Å². The Balaban J connectivity index is 0.00000264. The number of rotatable bonds is 5. The highest BCUT2D eigenvalue weighted by Gasteiger charge is 2.27. The number of piperidine rings is 1. The van der Waals surface area contributed by atoms with Crippen molar-refractivity contribution in [1.29, 1.82) is 0 Å². The fourth-order valence-electron chi connectivity index (χ4n) is 2.68. The summed E-state index contributed by atoms with van der Waals surface area (Å²) in [5, 5.41) is 2.94. The van der Waals surface area contributed by atoms with Gasteiger partial charge in [-0.05, 0) is 38.3 Å². The van der Waals surface area contributed by atoms with Gasteiger partial charge in [0.15, 0.2) is 0 Å². The highest BCUT2D eigenvalue weighted by Crippen LogP contribution is 2.19. The molecule has 1 unspecified atom stereocenters. The molecule has 5 nitrogen and oxygen atoms in total. The van der Waals surface area contributed by atoms with Crippen molar-refractivity contribution in [3.05, 3.63) is 35.9 Å². The van der Waals surface area contributed by atoms with Crippen LogP contribution in [0.15, 0.2) is 30.3 Å². The second-order valence-electron chi connectivity index (χ2n) is 5.99. The number of likely N-dealkylation sites (tertiary alicyclic amines) is 1. The Morgan fingerprint density at radius 1 is 1.26 bits per heavy atom. The summed E-state index contributed by atoms with van der Waals surface area (Å²) < 4.78 is 0. The molecule has 1 heterocycles. The first kappa shape index (κ1) is 19.5. The van der Waals surface area contributed by atoms with Gasteiger partial charge in [-0.3, -0.25) is 9.59 Å². The van der Waals surface area contributed by atoms with Gasteiger partial charge >= 0.3 is 0 Å². The van der Waals surface area contributed by atoms with Crippen molar-refractivity contribution in [2.45, 2.75) is 32.2 Å². The van der Waals surface area contributed by atoms with Crippen molar-refractivity contribution < 1.29 is 9.59 Å². The number of benzene rings is 1. The lowest BCUT2D eigenvalue weighted by atomic mass is 9.95. The van der Waals surface area contributed by atoms with Crippen LogP contribution in [0.25, 0.3) is 0 Å². The van der Waals surface area contributed by atoms with E-state index in [0.29, 0.717) is 25.2 Å². The molecule has 1 aliphatic rings. The van der Waals surface area contributed by atoms with E-state index in [9.17, 15) is 9.59 Å². The zero-order chi connectivity index (χ0) is 15.9. The molecule has 1 atom stereocenters. The molecule has 0 radical (unpaired) electrons. The van der Waals surface area contributed by atoms with Gasteiger partial charge in [0.1, 0.15) is 0 Å². The molecule has 2 rings (SSSR count). The molecule has 1 aliphatic heterocycles. The summed E-state index contributed by atoms with van der Waals surface area (Å²) in [6.45, 7) is 3.83. The van der Waals surface area contributed by atoms with Crippen molar-refractivity contribution in [1.82, 2.24) is 10.2 Å². The lowest BCUT2D eigenvalue weighted by Gasteiger charge is -2.31. The van der Waals surface area contributed by atoms with Crippen molar-refractivity contribution in [3.63, 3.8) is 0 Å². The molecule has 2 amide bonds. The lowest BCUT2D eigenvalue weighted by Crippen LogP contribution is -2.43. The zero-order valence-electron chi connectivity index (χ0n) is 13.5. The number of amides is 2. The number of halogens is 1. The van der Waals surface area contributed by atoms with Crippen molar-refractivity contribution >= 4 is 24.2 Å². The van der Waals surface area contributed by atoms with E-state index < -0.39 is 0 Å². The van der Waals surface area contributed by atoms with E-state index in [1.807, 2.05) is 42.2 Å². The normalized spacial score (nSPS) is 16.3. The number of hydrogen-bond acceptors (Lipinski definition) is 3. The van der Waals surface area contributed by atoms with Crippen LogP contribution in [0.5, 0.6) is 0 Å². The average Bonchev–Trinajstić information content (AvgIpc) is 2.54. The molecule has 0 bridgehead atoms. The SMILES string of the molecule is CC(N)CCNC(=O)C1CCN(C(=O)c2ccccc2)CC1.Cl. The molecule has 1 aromatic rings. The minimum absolute atomic E-state index is 0. The van der Waals surface area contributed by atoms with E-state index in [0.717, 1.165) is 19.3 Å². The van der Waals surface area contributed by atoms with Crippen LogP contribution in [0.2, 0.25) is 0 Å². The summed E-state index contributed by atoms with van der Waals surface area (Å²) in [4.78, 5) is 26.2. The van der Waals surface area contributed by atoms with Crippen LogP contribution in [0, 0.1) is 5.92 Å². The van der Waals surface area contributed by atoms with Gasteiger partial charge in [0, 0.05) is 37.2 Å². The van der Waals surface area contributed by atoms with Gasteiger partial charge in [-0.25, -0.2) is 0 Å². The van der Waals surface area contributed by atoms with Crippen LogP contribution in [0.3, 0.4) is 0 Å². The monoisotopic (exact) mass is 339 g/mol. The van der Waals surface area contributed by atoms with Gasteiger partial charge in [0.05, 0.1) is 0 Å². The van der Waals surface area contributed by atoms with E-state index in [1.54, 1.807) is 0 Å². The second-order valence-corrected chi connectivity index (χ2v) is 5.99. The molecule has 3 N–H and O–H groups in total. The van der Waals surface area contributed by atoms with Crippen LogP contribution in [0.1, 0.15) is 36.5 Å². The van der Waals surface area contributed by atoms with E-state index in [4.69, 9.17) is 5.73 Å². The first-order chi connectivity index (χ1) is 10.6. The summed E-state index contributed by atoms with van der Waals surface area (Å²) in [6.07, 6.45) is 2.24. The van der Waals surface area contributed by atoms with Crippen LogP contribution in [0.4, 0.5) is 0 Å². The van der Waals surface area contributed by atoms with Crippen molar-refractivity contribution in [2.75, 3.05) is 19.6 Å². The Bertz CT molecular complexity index is 500. The highest BCUT2D eigenvalue weighted by atomic mass is 35.5. The molecule has 1 fully saturated rings. The third-order valence-electron chi connectivity index (χ3n) is 4.07. The third kappa shape index (κ3) is 5.84. The summed E-state index contributed by atoms with van der Waals surface area (Å²) in [5.74, 6) is 0.150. The van der Waals surface area contributed by atoms with Crippen LogP contribution in [-0.2, 0) is 4.79 Å². The standard InChI is InChI=1S/C17H25N3O2.ClH/c1-13(18)7-10-19-16(21)14-8-11-20(12-9-14)17(22)15-5-3-2-4-6-15;/h2-6,13-14H,7-12,18H2,1H3,(H,19,21);1H. The summed E-state index contributed by atoms with van der Waals surface area (Å²) in [5.41, 5.74) is 6.38. The molecule has 0 aliphatic carbocycles. The predicted octanol–water partition coefficient (Wildman–Crippen LogP) is 1.81. The lowest BCUT2D eigenvalue weighted by molar-refractivity contribution is -0.126. The Kier molecular flexibility index (Phi) is 8.06. The van der Waals surface area contributed by atoms with Gasteiger partial charge in [0.2, 0.25) is 5.91 Å². The van der Waals surface area contributed by atoms with Gasteiger partial charge in [-0.15, -0.1) is 12.4 Å². The first-order valence-corrected chi connectivity index (χ1v) is 7.95. The zero-order valence-corrected chi connectivity index (χ0v) is 14.3. The smallest absolute Gasteiger partial charge is 0.253 e. The van der Waals surface area contributed by atoms with E-state index >= 15 is 0 Å². The Labute approximate surface area is 144 Å². The van der Waals surface area contributed by atoms with E-state index in [1.165, 1.54) is 0 Å². The molecule has 128 valence electrons. The van der Waals surface area contributed by atoms with Gasteiger partial charge in [-0.2, -0.15) is 0 Å². The molecule has 0 saturated carbocycles. The Morgan fingerprint density at radius 3 is 2.43 bits per heavy atom. The minimum atomic E-state index is 0. The fourth-order valence-corrected chi connectivity index (χ4v) is 2.68. The van der Waals surface area contributed by atoms with E-state index in [2.05, 4.69) is 5.32 Å². The fraction of sp³-hybridized carbons (Fsp3) is 0.529. The summed E-state index contributed by atoms with van der Waals surface area (Å²) in [7, 11) is 0. The maximum Gasteiger partial charge on any atom is 0.253 e. The maximum absolute atomic E-state index is 12.3. The second kappa shape index (κ2) is 9.53. The number of carbonyl (C=O) groups is 2. The number of nitrogens with zero attached hydrogens (tertiary/aromatic N) is 1. The molecule has 1 saturated heterocycles. The molecule has 0 aromatic heterocycles. The Morgan fingerprint density at radius 2 is 1.87 bits per heavy atom. The summed E-state index contributed by atoms with van der Waals surface area (Å²) in [6, 6.07) is 9.39.